The van der Waals surface area contributed by atoms with Crippen molar-refractivity contribution < 1.29 is 23.9 Å². The standard InChI is InChI=1S/C20H27NO5/c1-7-14(18(23)25-12(3)4)21-15-11-13(16(22)8-2)9-10-17(15)26-20(5,6)19(21)24/h9-12,14H,7-8H2,1-6H3. The smallest absolute Gasteiger partial charge is 0.329 e. The van der Waals surface area contributed by atoms with Crippen LogP contribution in [0, 0.1) is 0 Å². The highest BCUT2D eigenvalue weighted by atomic mass is 16.5. The first-order chi connectivity index (χ1) is 12.1. The number of carbonyl (C=O) groups excluding carboxylic acids is 3. The number of esters is 1. The van der Waals surface area contributed by atoms with E-state index in [1.54, 1.807) is 52.8 Å². The number of ether oxygens (including phenoxy) is 2. The third-order valence-electron chi connectivity index (χ3n) is 4.28. The molecule has 0 N–H and O–H groups in total. The van der Waals surface area contributed by atoms with Crippen LogP contribution in [0.1, 0.15) is 64.7 Å². The van der Waals surface area contributed by atoms with Crippen molar-refractivity contribution in [3.05, 3.63) is 23.8 Å². The normalized spacial score (nSPS) is 16.7. The molecule has 6 nitrogen and oxygen atoms in total. The van der Waals surface area contributed by atoms with E-state index >= 15 is 0 Å². The van der Waals surface area contributed by atoms with E-state index in [2.05, 4.69) is 0 Å². The minimum absolute atomic E-state index is 0.0390. The molecule has 0 saturated heterocycles. The molecular formula is C20H27NO5. The highest BCUT2D eigenvalue weighted by Gasteiger charge is 2.45. The molecule has 0 spiro atoms. The summed E-state index contributed by atoms with van der Waals surface area (Å²) in [6.07, 6.45) is 0.456. The molecule has 142 valence electrons. The fourth-order valence-corrected chi connectivity index (χ4v) is 2.96. The van der Waals surface area contributed by atoms with E-state index in [1.807, 2.05) is 6.92 Å². The Kier molecular flexibility index (Phi) is 5.74. The maximum Gasteiger partial charge on any atom is 0.329 e. The molecule has 0 saturated carbocycles. The van der Waals surface area contributed by atoms with Gasteiger partial charge >= 0.3 is 5.97 Å². The molecule has 1 amide bonds. The summed E-state index contributed by atoms with van der Waals surface area (Å²) in [4.78, 5) is 39.2. The summed E-state index contributed by atoms with van der Waals surface area (Å²) < 4.78 is 11.2. The van der Waals surface area contributed by atoms with E-state index in [0.717, 1.165) is 0 Å². The van der Waals surface area contributed by atoms with Gasteiger partial charge < -0.3 is 9.47 Å². The van der Waals surface area contributed by atoms with Gasteiger partial charge in [-0.05, 0) is 52.3 Å². The Hall–Kier alpha value is -2.37. The third-order valence-corrected chi connectivity index (χ3v) is 4.28. The summed E-state index contributed by atoms with van der Waals surface area (Å²) in [6, 6.07) is 4.21. The van der Waals surface area contributed by atoms with Crippen LogP contribution in [0.3, 0.4) is 0 Å². The number of carbonyl (C=O) groups is 3. The molecule has 1 aromatic rings. The van der Waals surface area contributed by atoms with E-state index in [9.17, 15) is 14.4 Å². The Morgan fingerprint density at radius 2 is 1.88 bits per heavy atom. The van der Waals surface area contributed by atoms with E-state index in [1.165, 1.54) is 4.90 Å². The van der Waals surface area contributed by atoms with Crippen molar-refractivity contribution in [2.45, 2.75) is 72.1 Å². The summed E-state index contributed by atoms with van der Waals surface area (Å²) in [7, 11) is 0. The summed E-state index contributed by atoms with van der Waals surface area (Å²) in [5.41, 5.74) is -0.199. The summed E-state index contributed by atoms with van der Waals surface area (Å²) >= 11 is 0. The van der Waals surface area contributed by atoms with E-state index in [4.69, 9.17) is 9.47 Å². The van der Waals surface area contributed by atoms with Gasteiger partial charge in [-0.25, -0.2) is 4.79 Å². The van der Waals surface area contributed by atoms with Crippen LogP contribution in [-0.4, -0.2) is 35.4 Å². The van der Waals surface area contributed by atoms with Gasteiger partial charge in [0.2, 0.25) is 0 Å². The van der Waals surface area contributed by atoms with Gasteiger partial charge in [0.15, 0.2) is 11.4 Å². The van der Waals surface area contributed by atoms with E-state index in [0.29, 0.717) is 29.8 Å². The Labute approximate surface area is 154 Å². The van der Waals surface area contributed by atoms with Crippen LogP contribution in [0.5, 0.6) is 5.75 Å². The lowest BCUT2D eigenvalue weighted by Crippen LogP contribution is -2.58. The molecule has 0 aliphatic carbocycles. The van der Waals surface area contributed by atoms with Crippen LogP contribution < -0.4 is 9.64 Å². The Bertz CT molecular complexity index is 723. The highest BCUT2D eigenvalue weighted by Crippen LogP contribution is 2.40. The fourth-order valence-electron chi connectivity index (χ4n) is 2.96. The van der Waals surface area contributed by atoms with Crippen molar-refractivity contribution in [2.24, 2.45) is 0 Å². The van der Waals surface area contributed by atoms with Crippen LogP contribution >= 0.6 is 0 Å². The van der Waals surface area contributed by atoms with Gasteiger partial charge in [-0.1, -0.05) is 13.8 Å². The fraction of sp³-hybridized carbons (Fsp3) is 0.550. The number of hydrogen-bond donors (Lipinski definition) is 0. The zero-order chi connectivity index (χ0) is 19.6. The molecule has 1 atom stereocenters. The zero-order valence-corrected chi connectivity index (χ0v) is 16.3. The second kappa shape index (κ2) is 7.48. The minimum Gasteiger partial charge on any atom is -0.476 e. The van der Waals surface area contributed by atoms with Gasteiger partial charge in [0.05, 0.1) is 11.8 Å². The largest absolute Gasteiger partial charge is 0.476 e. The number of hydrogen-bond acceptors (Lipinski definition) is 5. The van der Waals surface area contributed by atoms with Crippen LogP contribution in [0.4, 0.5) is 5.69 Å². The first-order valence-corrected chi connectivity index (χ1v) is 9.02. The van der Waals surface area contributed by atoms with Gasteiger partial charge in [-0.2, -0.15) is 0 Å². The number of amides is 1. The minimum atomic E-state index is -1.12. The zero-order valence-electron chi connectivity index (χ0n) is 16.3. The molecule has 6 heteroatoms. The molecule has 1 aromatic carbocycles. The SMILES string of the molecule is CCC(=O)c1ccc2c(c1)N(C(CC)C(=O)OC(C)C)C(=O)C(C)(C)O2. The number of fused-ring (bicyclic) bond motifs is 1. The Morgan fingerprint density at radius 1 is 1.23 bits per heavy atom. The maximum atomic E-state index is 13.1. The van der Waals surface area contributed by atoms with Crippen LogP contribution in [0.15, 0.2) is 18.2 Å². The monoisotopic (exact) mass is 361 g/mol. The number of anilines is 1. The lowest BCUT2D eigenvalue weighted by molar-refractivity contribution is -0.151. The maximum absolute atomic E-state index is 13.1. The topological polar surface area (TPSA) is 72.9 Å². The molecule has 0 radical (unpaired) electrons. The predicted octanol–water partition coefficient (Wildman–Crippen LogP) is 3.51. The molecule has 0 fully saturated rings. The van der Waals surface area contributed by atoms with Crippen molar-refractivity contribution in [1.82, 2.24) is 0 Å². The lowest BCUT2D eigenvalue weighted by Gasteiger charge is -2.41. The number of nitrogens with zero attached hydrogens (tertiary/aromatic N) is 1. The van der Waals surface area contributed by atoms with Crippen LogP contribution in [-0.2, 0) is 14.3 Å². The van der Waals surface area contributed by atoms with Crippen LogP contribution in [0.2, 0.25) is 0 Å². The van der Waals surface area contributed by atoms with Crippen molar-refractivity contribution in [3.63, 3.8) is 0 Å². The molecule has 0 aromatic heterocycles. The summed E-state index contributed by atoms with van der Waals surface area (Å²) in [5, 5.41) is 0. The molecule has 1 unspecified atom stereocenters. The molecule has 1 aliphatic rings. The number of Topliss-reactive ketones (excluding diaryl/α,β-unsaturated/α-hetero) is 1. The quantitative estimate of drug-likeness (QED) is 0.573. The van der Waals surface area contributed by atoms with Crippen molar-refractivity contribution >= 4 is 23.3 Å². The molecule has 26 heavy (non-hydrogen) atoms. The average Bonchev–Trinajstić information content (AvgIpc) is 2.57. The Morgan fingerprint density at radius 3 is 2.42 bits per heavy atom. The first kappa shape index (κ1) is 19.9. The molecule has 1 aliphatic heterocycles. The average molecular weight is 361 g/mol. The lowest BCUT2D eigenvalue weighted by atomic mass is 9.98. The second-order valence-corrected chi connectivity index (χ2v) is 7.16. The van der Waals surface area contributed by atoms with Gasteiger partial charge in [0.25, 0.3) is 5.91 Å². The van der Waals surface area contributed by atoms with Crippen molar-refractivity contribution in [2.75, 3.05) is 4.90 Å². The molecular weight excluding hydrogens is 334 g/mol. The number of benzene rings is 1. The van der Waals surface area contributed by atoms with Crippen molar-refractivity contribution in [3.8, 4) is 5.75 Å². The Balaban J connectivity index is 2.57. The molecule has 1 heterocycles. The highest BCUT2D eigenvalue weighted by molar-refractivity contribution is 6.07. The van der Waals surface area contributed by atoms with Gasteiger partial charge in [0.1, 0.15) is 11.8 Å². The summed E-state index contributed by atoms with van der Waals surface area (Å²) in [5.74, 6) is -0.369. The van der Waals surface area contributed by atoms with Gasteiger partial charge in [-0.15, -0.1) is 0 Å². The first-order valence-electron chi connectivity index (χ1n) is 9.02. The third kappa shape index (κ3) is 3.74. The van der Waals surface area contributed by atoms with Gasteiger partial charge in [0, 0.05) is 12.0 Å². The molecule has 2 rings (SSSR count). The summed E-state index contributed by atoms with van der Waals surface area (Å²) in [6.45, 7) is 10.5. The van der Waals surface area contributed by atoms with Gasteiger partial charge in [-0.3, -0.25) is 14.5 Å². The second-order valence-electron chi connectivity index (χ2n) is 7.16. The van der Waals surface area contributed by atoms with E-state index < -0.39 is 17.6 Å². The van der Waals surface area contributed by atoms with Crippen molar-refractivity contribution in [1.29, 1.82) is 0 Å². The predicted molar refractivity (Wildman–Crippen MR) is 98.6 cm³/mol. The number of ketones is 1. The number of rotatable bonds is 6. The molecule has 0 bridgehead atoms. The van der Waals surface area contributed by atoms with E-state index in [-0.39, 0.29) is 17.8 Å². The van der Waals surface area contributed by atoms with Crippen LogP contribution in [0.25, 0.3) is 0 Å².